The Bertz CT molecular complexity index is 435. The summed E-state index contributed by atoms with van der Waals surface area (Å²) in [6, 6.07) is 7.75. The van der Waals surface area contributed by atoms with E-state index in [9.17, 15) is 0 Å². The third-order valence-corrected chi connectivity index (χ3v) is 4.89. The average molecular weight is 326 g/mol. The Morgan fingerprint density at radius 2 is 1.84 bits per heavy atom. The highest BCUT2D eigenvalue weighted by molar-refractivity contribution is 9.10. The predicted octanol–water partition coefficient (Wildman–Crippen LogP) is 3.00. The maximum Gasteiger partial charge on any atom is 0.0378 e. The summed E-state index contributed by atoms with van der Waals surface area (Å²) in [5.74, 6) is 0. The lowest BCUT2D eigenvalue weighted by Crippen LogP contribution is -2.55. The van der Waals surface area contributed by atoms with Gasteiger partial charge in [-0.15, -0.1) is 0 Å². The summed E-state index contributed by atoms with van der Waals surface area (Å²) in [4.78, 5) is 4.91. The van der Waals surface area contributed by atoms with Crippen LogP contribution in [0.25, 0.3) is 0 Å². The Balaban J connectivity index is 2.21. The molecule has 0 saturated carbocycles. The third kappa shape index (κ3) is 3.12. The van der Waals surface area contributed by atoms with Gasteiger partial charge in [-0.3, -0.25) is 4.90 Å². The smallest absolute Gasteiger partial charge is 0.0378 e. The summed E-state index contributed by atoms with van der Waals surface area (Å²) in [7, 11) is 2.21. The largest absolute Gasteiger partial charge is 0.368 e. The molecular weight excluding hydrogens is 302 g/mol. The van der Waals surface area contributed by atoms with Crippen molar-refractivity contribution in [1.29, 1.82) is 0 Å². The van der Waals surface area contributed by atoms with Gasteiger partial charge in [-0.1, -0.05) is 22.0 Å². The third-order valence-electron chi connectivity index (χ3n) is 4.20. The first-order valence-electron chi connectivity index (χ1n) is 6.92. The van der Waals surface area contributed by atoms with Crippen LogP contribution < -0.4 is 10.6 Å². The summed E-state index contributed by atoms with van der Waals surface area (Å²) in [6.07, 6.45) is 0. The highest BCUT2D eigenvalue weighted by Gasteiger charge is 2.26. The fourth-order valence-corrected chi connectivity index (χ4v) is 3.43. The normalized spacial score (nSPS) is 26.5. The molecular formula is C15H24BrN3. The van der Waals surface area contributed by atoms with Gasteiger partial charge < -0.3 is 10.6 Å². The number of halogens is 1. The molecule has 1 saturated heterocycles. The molecule has 1 aromatic carbocycles. The Hall–Kier alpha value is -0.580. The summed E-state index contributed by atoms with van der Waals surface area (Å²) in [5, 5.41) is 0. The second-order valence-electron chi connectivity index (χ2n) is 5.76. The van der Waals surface area contributed by atoms with Crippen LogP contribution in [0, 0.1) is 0 Å². The van der Waals surface area contributed by atoms with Gasteiger partial charge in [-0.05, 0) is 45.5 Å². The fourth-order valence-electron chi connectivity index (χ4n) is 2.70. The molecule has 1 fully saturated rings. The van der Waals surface area contributed by atoms with Crippen LogP contribution in [0.1, 0.15) is 32.4 Å². The SMILES string of the molecule is CC(N)c1ccc(N2CC(C)N(C)C(C)C2)cc1Br. The topological polar surface area (TPSA) is 32.5 Å². The molecule has 3 atom stereocenters. The lowest BCUT2D eigenvalue weighted by molar-refractivity contribution is 0.170. The molecule has 4 heteroatoms. The fraction of sp³-hybridized carbons (Fsp3) is 0.600. The van der Waals surface area contributed by atoms with Crippen molar-refractivity contribution in [3.63, 3.8) is 0 Å². The van der Waals surface area contributed by atoms with E-state index < -0.39 is 0 Å². The minimum atomic E-state index is 0.0637. The van der Waals surface area contributed by atoms with Gasteiger partial charge in [0.2, 0.25) is 0 Å². The van der Waals surface area contributed by atoms with E-state index in [2.05, 4.69) is 64.8 Å². The molecule has 1 aromatic rings. The summed E-state index contributed by atoms with van der Waals surface area (Å²) >= 11 is 3.64. The van der Waals surface area contributed by atoms with Gasteiger partial charge in [-0.2, -0.15) is 0 Å². The van der Waals surface area contributed by atoms with Crippen molar-refractivity contribution in [2.24, 2.45) is 5.73 Å². The van der Waals surface area contributed by atoms with Crippen molar-refractivity contribution in [1.82, 2.24) is 4.90 Å². The van der Waals surface area contributed by atoms with E-state index in [0.717, 1.165) is 17.6 Å². The zero-order valence-electron chi connectivity index (χ0n) is 12.2. The van der Waals surface area contributed by atoms with Crippen molar-refractivity contribution in [3.8, 4) is 0 Å². The maximum absolute atomic E-state index is 5.96. The predicted molar refractivity (Wildman–Crippen MR) is 85.6 cm³/mol. The highest BCUT2D eigenvalue weighted by atomic mass is 79.9. The first-order chi connectivity index (χ1) is 8.90. The molecule has 0 amide bonds. The van der Waals surface area contributed by atoms with Crippen molar-refractivity contribution in [3.05, 3.63) is 28.2 Å². The van der Waals surface area contributed by atoms with Gasteiger partial charge in [0, 0.05) is 41.4 Å². The molecule has 0 aliphatic carbocycles. The van der Waals surface area contributed by atoms with Crippen LogP contribution in [-0.4, -0.2) is 37.1 Å². The first kappa shape index (κ1) is 14.8. The molecule has 2 rings (SSSR count). The highest BCUT2D eigenvalue weighted by Crippen LogP contribution is 2.29. The second kappa shape index (κ2) is 5.81. The number of rotatable bonds is 2. The van der Waals surface area contributed by atoms with Gasteiger partial charge in [0.15, 0.2) is 0 Å². The van der Waals surface area contributed by atoms with E-state index in [-0.39, 0.29) is 6.04 Å². The molecule has 0 radical (unpaired) electrons. The number of hydrogen-bond donors (Lipinski definition) is 1. The van der Waals surface area contributed by atoms with Gasteiger partial charge in [0.1, 0.15) is 0 Å². The number of piperazine rings is 1. The minimum absolute atomic E-state index is 0.0637. The average Bonchev–Trinajstić information content (AvgIpc) is 2.34. The zero-order valence-corrected chi connectivity index (χ0v) is 13.8. The van der Waals surface area contributed by atoms with Crippen LogP contribution in [0.4, 0.5) is 5.69 Å². The van der Waals surface area contributed by atoms with Crippen molar-refractivity contribution in [2.75, 3.05) is 25.0 Å². The molecule has 106 valence electrons. The van der Waals surface area contributed by atoms with E-state index in [1.165, 1.54) is 11.3 Å². The van der Waals surface area contributed by atoms with E-state index >= 15 is 0 Å². The monoisotopic (exact) mass is 325 g/mol. The van der Waals surface area contributed by atoms with Crippen molar-refractivity contribution < 1.29 is 0 Å². The molecule has 1 aliphatic heterocycles. The number of hydrogen-bond acceptors (Lipinski definition) is 3. The van der Waals surface area contributed by atoms with Gasteiger partial charge in [-0.25, -0.2) is 0 Å². The van der Waals surface area contributed by atoms with E-state index in [0.29, 0.717) is 12.1 Å². The number of nitrogens with zero attached hydrogens (tertiary/aromatic N) is 2. The van der Waals surface area contributed by atoms with E-state index in [4.69, 9.17) is 5.73 Å². The number of nitrogens with two attached hydrogens (primary N) is 1. The first-order valence-corrected chi connectivity index (χ1v) is 7.71. The number of anilines is 1. The molecule has 19 heavy (non-hydrogen) atoms. The minimum Gasteiger partial charge on any atom is -0.368 e. The Kier molecular flexibility index (Phi) is 4.54. The second-order valence-corrected chi connectivity index (χ2v) is 6.62. The van der Waals surface area contributed by atoms with Gasteiger partial charge in [0.25, 0.3) is 0 Å². The lowest BCUT2D eigenvalue weighted by Gasteiger charge is -2.43. The molecule has 0 aromatic heterocycles. The molecule has 0 spiro atoms. The van der Waals surface area contributed by atoms with Crippen molar-refractivity contribution >= 4 is 21.6 Å². The quantitative estimate of drug-likeness (QED) is 0.907. The van der Waals surface area contributed by atoms with Crippen LogP contribution in [0.15, 0.2) is 22.7 Å². The standard InChI is InChI=1S/C15H24BrN3/c1-10-8-19(9-11(2)18(10)4)13-5-6-14(12(3)17)15(16)7-13/h5-7,10-12H,8-9,17H2,1-4H3. The molecule has 1 heterocycles. The Morgan fingerprint density at radius 1 is 1.26 bits per heavy atom. The summed E-state index contributed by atoms with van der Waals surface area (Å²) in [6.45, 7) is 8.73. The van der Waals surface area contributed by atoms with Gasteiger partial charge >= 0.3 is 0 Å². The Labute approximate surface area is 124 Å². The number of likely N-dealkylation sites (N-methyl/N-ethyl adjacent to an activating group) is 1. The number of benzene rings is 1. The van der Waals surface area contributed by atoms with E-state index in [1.807, 2.05) is 6.92 Å². The van der Waals surface area contributed by atoms with Crippen LogP contribution >= 0.6 is 15.9 Å². The van der Waals surface area contributed by atoms with Crippen LogP contribution in [-0.2, 0) is 0 Å². The van der Waals surface area contributed by atoms with Crippen LogP contribution in [0.3, 0.4) is 0 Å². The summed E-state index contributed by atoms with van der Waals surface area (Å²) < 4.78 is 1.11. The zero-order chi connectivity index (χ0) is 14.2. The lowest BCUT2D eigenvalue weighted by atomic mass is 10.1. The molecule has 0 bridgehead atoms. The van der Waals surface area contributed by atoms with Gasteiger partial charge in [0.05, 0.1) is 0 Å². The van der Waals surface area contributed by atoms with Crippen molar-refractivity contribution in [2.45, 2.75) is 38.9 Å². The Morgan fingerprint density at radius 3 is 2.32 bits per heavy atom. The van der Waals surface area contributed by atoms with Crippen LogP contribution in [0.5, 0.6) is 0 Å². The molecule has 3 nitrogen and oxygen atoms in total. The van der Waals surface area contributed by atoms with E-state index in [1.54, 1.807) is 0 Å². The maximum atomic E-state index is 5.96. The molecule has 2 N–H and O–H groups in total. The summed E-state index contributed by atoms with van der Waals surface area (Å²) in [5.41, 5.74) is 8.40. The molecule has 3 unspecified atom stereocenters. The van der Waals surface area contributed by atoms with Crippen LogP contribution in [0.2, 0.25) is 0 Å². The molecule has 1 aliphatic rings.